The van der Waals surface area contributed by atoms with Crippen LogP contribution in [0.2, 0.25) is 15.5 Å². The summed E-state index contributed by atoms with van der Waals surface area (Å²) in [5.74, 6) is -6.92. The third-order valence-corrected chi connectivity index (χ3v) is 25.3. The third-order valence-electron chi connectivity index (χ3n) is 24.3. The fourth-order valence-corrected chi connectivity index (χ4v) is 17.6. The largest absolute Gasteiger partial charge is 0.481 e. The van der Waals surface area contributed by atoms with Crippen LogP contribution in [0.4, 0.5) is 21.9 Å². The Hall–Kier alpha value is -11.1. The highest BCUT2D eigenvalue weighted by molar-refractivity contribution is 6.31. The number of rotatable bonds is 17. The van der Waals surface area contributed by atoms with Gasteiger partial charge in [0, 0.05) is 123 Å². The molecule has 39 heteroatoms. The number of aliphatic carboxylic acids is 1. The molecule has 9 aliphatic heterocycles. The molecule has 3 aromatic carbocycles. The normalized spacial score (nSPS) is 21.4. The van der Waals surface area contributed by atoms with Crippen LogP contribution >= 0.6 is 47.2 Å². The summed E-state index contributed by atoms with van der Waals surface area (Å²) in [5, 5.41) is 42.5. The van der Waals surface area contributed by atoms with Crippen molar-refractivity contribution in [3.63, 3.8) is 0 Å². The fourth-order valence-electron chi connectivity index (χ4n) is 17.0. The number of carboxylic acid groups (broad SMARTS) is 1. The summed E-state index contributed by atoms with van der Waals surface area (Å²) < 4.78 is 11.0. The topological polar surface area (TPSA) is 439 Å². The Morgan fingerprint density at radius 3 is 1.07 bits per heavy atom. The second kappa shape index (κ2) is 36.5. The number of halogens is 4. The van der Waals surface area contributed by atoms with E-state index in [9.17, 15) is 71.9 Å². The number of fused-ring (bicyclic) bond motifs is 3. The van der Waals surface area contributed by atoms with Gasteiger partial charge in [0.1, 0.15) is 23.7 Å². The fraction of sp³-hybridized carbons (Fsp3) is 0.494. The van der Waals surface area contributed by atoms with Gasteiger partial charge in [-0.1, -0.05) is 72.8 Å². The molecule has 648 valence electrons. The van der Waals surface area contributed by atoms with Crippen molar-refractivity contribution >= 4 is 153 Å². The molecule has 35 nitrogen and oxygen atoms in total. The lowest BCUT2D eigenvalue weighted by Gasteiger charge is -2.43. The molecule has 3 aromatic heterocycles. The smallest absolute Gasteiger partial charge is 0.410 e. The molecule has 0 spiro atoms. The number of amides is 14. The molecule has 12 heterocycles. The molecule has 2 saturated carbocycles. The van der Waals surface area contributed by atoms with E-state index < -0.39 is 101 Å². The number of hydrogen-bond acceptors (Lipinski definition) is 23. The van der Waals surface area contributed by atoms with Crippen LogP contribution in [0.25, 0.3) is 0 Å². The maximum Gasteiger partial charge on any atom is 0.410 e. The molecule has 0 bridgehead atoms. The number of aromatic nitrogens is 6. The molecule has 14 amide bonds. The van der Waals surface area contributed by atoms with Gasteiger partial charge < -0.3 is 40.9 Å². The molecule has 0 radical (unpaired) electrons. The zero-order valence-corrected chi connectivity index (χ0v) is 71.0. The van der Waals surface area contributed by atoms with Crippen LogP contribution in [0.1, 0.15) is 247 Å². The molecule has 8 fully saturated rings. The molecule has 2 aliphatic carbocycles. The minimum Gasteiger partial charge on any atom is -0.481 e. The summed E-state index contributed by atoms with van der Waals surface area (Å²) in [6.07, 6.45) is 16.6. The van der Waals surface area contributed by atoms with Gasteiger partial charge in [-0.2, -0.15) is 15.3 Å². The van der Waals surface area contributed by atoms with Gasteiger partial charge in [0.05, 0.1) is 56.9 Å². The Morgan fingerprint density at radius 1 is 0.467 bits per heavy atom. The summed E-state index contributed by atoms with van der Waals surface area (Å²) in [6, 6.07) is 12.2. The number of hydrogen-bond donors (Lipinski definition) is 8. The lowest BCUT2D eigenvalue weighted by Crippen LogP contribution is -2.54. The van der Waals surface area contributed by atoms with E-state index in [0.717, 1.165) is 103 Å². The highest BCUT2D eigenvalue weighted by Crippen LogP contribution is 2.44. The molecule has 6 saturated heterocycles. The zero-order chi connectivity index (χ0) is 86.3. The van der Waals surface area contributed by atoms with E-state index in [0.29, 0.717) is 89.7 Å². The Morgan fingerprint density at radius 2 is 0.787 bits per heavy atom. The van der Waals surface area contributed by atoms with Crippen molar-refractivity contribution < 1.29 is 81.8 Å². The molecular weight excluding hydrogens is 1660 g/mol. The SMILES string of the molecule is CC(C)(C)OC(=O)N1CCC(n2cc(CNc3cccc4c3C(=O)N(C3CCC(=O)NC3=O)C4=O)c(Cl)n2)CC1.CC1(C(=O)N2CCC(n3cc(CNc4cccc5c4C(=O)N(C4CCC(=O)NC4=O)C5=O)c(Cl)n3)CC2)CCC1.CC1(C(=O)O)CCC1.Cl.O=C1CCC(N2C(=O)c3cccc(NCc4cn(C5CCNCC5)nc4Cl)c3C2=O)C(=O)N1. The van der Waals surface area contributed by atoms with E-state index in [4.69, 9.17) is 44.6 Å². The molecule has 8 N–H and O–H groups in total. The summed E-state index contributed by atoms with van der Waals surface area (Å²) in [6.45, 7) is 14.6. The lowest BCUT2D eigenvalue weighted by molar-refractivity contribution is -0.153. The first kappa shape index (κ1) is 88.6. The number of benzene rings is 3. The molecule has 122 heavy (non-hydrogen) atoms. The molecule has 17 rings (SSSR count). The number of nitrogens with zero attached hydrogens (tertiary/aromatic N) is 11. The Bertz CT molecular complexity index is 5220. The van der Waals surface area contributed by atoms with Crippen LogP contribution in [-0.2, 0) is 62.7 Å². The summed E-state index contributed by atoms with van der Waals surface area (Å²) in [4.78, 5) is 193. The van der Waals surface area contributed by atoms with Gasteiger partial charge >= 0.3 is 12.1 Å². The van der Waals surface area contributed by atoms with Crippen LogP contribution in [-0.4, -0.2) is 211 Å². The van der Waals surface area contributed by atoms with Crippen molar-refractivity contribution in [3.8, 4) is 0 Å². The predicted octanol–water partition coefficient (Wildman–Crippen LogP) is 9.18. The standard InChI is InChI=1S/C28H31ClN6O5.C27H31ClN6O6.C22H23ClN6O4.C6H10O2.ClH/c1-28(10-3-11-28)27(40)33-12-8-17(9-13-33)34-15-16(23(29)32-34)14-30-19-5-2-4-18-22(19)26(39)35(25(18)38)20-6-7-21(36)31-24(20)37;1-27(2,3)40-26(39)32-11-9-16(10-12-32)33-14-15(22(28)31-33)13-29-18-6-4-5-17-21(18)25(38)34(24(17)37)19-7-8-20(35)30-23(19)36;23-19-12(11-28(27-19)13-6-8-24-9-7-13)10-25-15-3-1-2-14-18(15)22(33)29(21(14)32)16-4-5-17(30)26-20(16)31;1-6(5(7)8)3-2-4-6;/h2,4-5,15,17,20,30H,3,6-14H2,1H3,(H,31,36,37);4-6,14,16,19,29H,7-13H2,1-3H3,(H,30,35,36);1-3,11,13,16,24-25H,4-10H2,(H,26,30,31);2-4H2,1H3,(H,7,8);1H. The van der Waals surface area contributed by atoms with Crippen LogP contribution in [0, 0.1) is 10.8 Å². The molecule has 3 atom stereocenters. The van der Waals surface area contributed by atoms with Crippen LogP contribution in [0.15, 0.2) is 73.2 Å². The highest BCUT2D eigenvalue weighted by Gasteiger charge is 2.50. The van der Waals surface area contributed by atoms with Gasteiger partial charge in [0.25, 0.3) is 35.4 Å². The van der Waals surface area contributed by atoms with E-state index in [-0.39, 0.29) is 132 Å². The van der Waals surface area contributed by atoms with E-state index in [2.05, 4.69) is 59.4 Å². The van der Waals surface area contributed by atoms with Crippen molar-refractivity contribution in [1.82, 2.24) is 75.1 Å². The van der Waals surface area contributed by atoms with Gasteiger partial charge in [-0.3, -0.25) is 112 Å². The average molecular weight is 1760 g/mol. The number of carbonyl (C=O) groups is 15. The zero-order valence-electron chi connectivity index (χ0n) is 67.9. The Kier molecular flexibility index (Phi) is 26.5. The summed E-state index contributed by atoms with van der Waals surface area (Å²) in [5.41, 5.74) is 3.69. The molecule has 6 aromatic rings. The average Bonchev–Trinajstić information content (AvgIpc) is 1.58. The van der Waals surface area contributed by atoms with Crippen molar-refractivity contribution in [2.24, 2.45) is 10.8 Å². The number of carboxylic acids is 1. The van der Waals surface area contributed by atoms with Crippen molar-refractivity contribution in [3.05, 3.63) is 139 Å². The number of anilines is 3. The Labute approximate surface area is 722 Å². The minimum absolute atomic E-state index is 0. The third kappa shape index (κ3) is 18.5. The maximum absolute atomic E-state index is 13.3. The second-order valence-corrected chi connectivity index (χ2v) is 34.8. The van der Waals surface area contributed by atoms with Gasteiger partial charge in [0.2, 0.25) is 41.4 Å². The first-order valence-corrected chi connectivity index (χ1v) is 42.0. The quantitative estimate of drug-likeness (QED) is 0.0394. The number of imide groups is 6. The second-order valence-electron chi connectivity index (χ2n) is 33.7. The lowest BCUT2D eigenvalue weighted by atomic mass is 9.69. The molecular formula is C83H96Cl4N18O17. The van der Waals surface area contributed by atoms with E-state index in [1.54, 1.807) is 71.1 Å². The van der Waals surface area contributed by atoms with Crippen LogP contribution in [0.3, 0.4) is 0 Å². The summed E-state index contributed by atoms with van der Waals surface area (Å²) >= 11 is 19.3. The van der Waals surface area contributed by atoms with Crippen LogP contribution in [0.5, 0.6) is 0 Å². The molecule has 11 aliphatic rings. The van der Waals surface area contributed by atoms with E-state index in [1.807, 2.05) is 53.6 Å². The highest BCUT2D eigenvalue weighted by atomic mass is 35.5. The number of nitrogens with one attached hydrogen (secondary N) is 7. The van der Waals surface area contributed by atoms with Crippen LogP contribution < -0.4 is 37.2 Å². The predicted molar refractivity (Wildman–Crippen MR) is 444 cm³/mol. The number of ether oxygens (including phenoxy) is 1. The number of carbonyl (C=O) groups excluding carboxylic acids is 14. The van der Waals surface area contributed by atoms with Gasteiger partial charge in [-0.05, 0) is 161 Å². The summed E-state index contributed by atoms with van der Waals surface area (Å²) in [7, 11) is 0. The number of piperidine rings is 6. The van der Waals surface area contributed by atoms with Crippen molar-refractivity contribution in [2.75, 3.05) is 55.2 Å². The maximum atomic E-state index is 13.3. The van der Waals surface area contributed by atoms with Gasteiger partial charge in [-0.15, -0.1) is 12.4 Å². The van der Waals surface area contributed by atoms with Gasteiger partial charge in [-0.25, -0.2) is 4.79 Å². The van der Waals surface area contributed by atoms with Crippen molar-refractivity contribution in [2.45, 2.75) is 212 Å². The monoisotopic (exact) mass is 1760 g/mol. The first-order valence-electron chi connectivity index (χ1n) is 40.9. The van der Waals surface area contributed by atoms with Crippen molar-refractivity contribution in [1.29, 1.82) is 0 Å². The number of likely N-dealkylation sites (tertiary alicyclic amines) is 2. The molecule has 3 unspecified atom stereocenters. The Balaban J connectivity index is 0.000000150. The van der Waals surface area contributed by atoms with E-state index in [1.165, 1.54) is 0 Å². The minimum atomic E-state index is -1.03. The first-order chi connectivity index (χ1) is 57.7. The van der Waals surface area contributed by atoms with Gasteiger partial charge in [0.15, 0.2) is 15.5 Å². The van der Waals surface area contributed by atoms with E-state index >= 15 is 0 Å².